The molecular weight excluding hydrogens is 144 g/mol. The molecule has 0 heterocycles. The summed E-state index contributed by atoms with van der Waals surface area (Å²) < 4.78 is 0. The molecule has 4 nitrogen and oxygen atoms in total. The second-order valence-electron chi connectivity index (χ2n) is 2.96. The molecule has 0 aliphatic rings. The third kappa shape index (κ3) is 5.82. The van der Waals surface area contributed by atoms with E-state index >= 15 is 0 Å². The van der Waals surface area contributed by atoms with E-state index in [4.69, 9.17) is 10.6 Å². The van der Waals surface area contributed by atoms with Gasteiger partial charge in [0.25, 0.3) is 5.91 Å². The van der Waals surface area contributed by atoms with Gasteiger partial charge < -0.3 is 5.73 Å². The molecule has 0 rings (SSSR count). The number of hydrogen-bond acceptors (Lipinski definition) is 3. The van der Waals surface area contributed by atoms with E-state index < -0.39 is 6.04 Å². The van der Waals surface area contributed by atoms with Crippen LogP contribution in [0, 0.1) is 5.92 Å². The summed E-state index contributed by atoms with van der Waals surface area (Å²) in [4.78, 5) is 15.6. The predicted octanol–water partition coefficient (Wildman–Crippen LogP) is 0.0374. The van der Waals surface area contributed by atoms with Crippen molar-refractivity contribution >= 4 is 5.91 Å². The van der Waals surface area contributed by atoms with E-state index in [1.807, 2.05) is 13.8 Å². The lowest BCUT2D eigenvalue weighted by Gasteiger charge is -2.08. The van der Waals surface area contributed by atoms with Crippen LogP contribution in [-0.2, 0) is 9.63 Å². The summed E-state index contributed by atoms with van der Waals surface area (Å²) >= 11 is 0. The molecule has 3 N–H and O–H groups in total. The third-order valence-electron chi connectivity index (χ3n) is 1.00. The minimum absolute atomic E-state index is 0.286. The highest BCUT2D eigenvalue weighted by molar-refractivity contribution is 5.79. The largest absolute Gasteiger partial charge is 0.320 e. The molecule has 11 heavy (non-hydrogen) atoms. The average Bonchev–Trinajstić information content (AvgIpc) is 1.86. The van der Waals surface area contributed by atoms with Gasteiger partial charge in [-0.1, -0.05) is 13.8 Å². The van der Waals surface area contributed by atoms with Gasteiger partial charge in [0, 0.05) is 0 Å². The molecule has 4 heteroatoms. The summed E-state index contributed by atoms with van der Waals surface area (Å²) in [7, 11) is 0. The van der Waals surface area contributed by atoms with Gasteiger partial charge in [0.05, 0.1) is 12.6 Å². The highest BCUT2D eigenvalue weighted by Gasteiger charge is 2.06. The fourth-order valence-electron chi connectivity index (χ4n) is 0.372. The van der Waals surface area contributed by atoms with E-state index in [2.05, 4.69) is 5.48 Å². The van der Waals surface area contributed by atoms with Crippen LogP contribution in [0.25, 0.3) is 0 Å². The molecule has 0 radical (unpaired) electrons. The number of carbonyl (C=O) groups is 1. The zero-order chi connectivity index (χ0) is 8.85. The smallest absolute Gasteiger partial charge is 0.260 e. The summed E-state index contributed by atoms with van der Waals surface area (Å²) in [6, 6.07) is -0.512. The van der Waals surface area contributed by atoms with Crippen molar-refractivity contribution in [3.63, 3.8) is 0 Å². The maximum atomic E-state index is 10.8. The molecule has 0 aliphatic carbocycles. The van der Waals surface area contributed by atoms with E-state index in [1.165, 1.54) is 0 Å². The molecule has 0 aromatic rings. The summed E-state index contributed by atoms with van der Waals surface area (Å²) in [6.07, 6.45) is 0. The number of rotatable bonds is 4. The van der Waals surface area contributed by atoms with Gasteiger partial charge in [-0.25, -0.2) is 5.48 Å². The van der Waals surface area contributed by atoms with Crippen LogP contribution < -0.4 is 11.2 Å². The summed E-state index contributed by atoms with van der Waals surface area (Å²) in [5.74, 6) is 0.119. The van der Waals surface area contributed by atoms with Crippen molar-refractivity contribution in [2.45, 2.75) is 26.8 Å². The first-order valence-corrected chi connectivity index (χ1v) is 3.71. The van der Waals surface area contributed by atoms with E-state index in [0.29, 0.717) is 12.5 Å². The highest BCUT2D eigenvalue weighted by atomic mass is 16.7. The Balaban J connectivity index is 3.32. The molecule has 0 spiro atoms. The maximum absolute atomic E-state index is 10.8. The molecule has 0 aliphatic heterocycles. The van der Waals surface area contributed by atoms with Crippen LogP contribution in [0.3, 0.4) is 0 Å². The van der Waals surface area contributed by atoms with Gasteiger partial charge in [0.2, 0.25) is 0 Å². The first-order valence-electron chi connectivity index (χ1n) is 3.71. The van der Waals surface area contributed by atoms with Gasteiger partial charge in [-0.2, -0.15) is 0 Å². The van der Waals surface area contributed by atoms with Crippen molar-refractivity contribution in [2.75, 3.05) is 6.61 Å². The van der Waals surface area contributed by atoms with Gasteiger partial charge in [0.1, 0.15) is 0 Å². The zero-order valence-electron chi connectivity index (χ0n) is 7.26. The quantitative estimate of drug-likeness (QED) is 0.570. The molecule has 0 bridgehead atoms. The molecule has 1 unspecified atom stereocenters. The standard InChI is InChI=1S/C7H16N2O2/c1-5(2)4-11-9-7(10)6(3)8/h5-6H,4,8H2,1-3H3,(H,9,10). The number of hydroxylamine groups is 1. The molecule has 0 fully saturated rings. The Bertz CT molecular complexity index is 124. The lowest BCUT2D eigenvalue weighted by atomic mass is 10.2. The molecule has 0 saturated heterocycles. The van der Waals surface area contributed by atoms with Crippen LogP contribution in [-0.4, -0.2) is 18.6 Å². The van der Waals surface area contributed by atoms with Crippen LogP contribution in [0.2, 0.25) is 0 Å². The van der Waals surface area contributed by atoms with Crippen LogP contribution in [0.1, 0.15) is 20.8 Å². The van der Waals surface area contributed by atoms with Crippen LogP contribution in [0.15, 0.2) is 0 Å². The van der Waals surface area contributed by atoms with Crippen molar-refractivity contribution < 1.29 is 9.63 Å². The fourth-order valence-corrected chi connectivity index (χ4v) is 0.372. The van der Waals surface area contributed by atoms with E-state index in [1.54, 1.807) is 6.92 Å². The van der Waals surface area contributed by atoms with Crippen molar-refractivity contribution in [3.05, 3.63) is 0 Å². The average molecular weight is 160 g/mol. The Labute approximate surface area is 67.0 Å². The van der Waals surface area contributed by atoms with Crippen molar-refractivity contribution in [1.82, 2.24) is 5.48 Å². The highest BCUT2D eigenvalue weighted by Crippen LogP contribution is 1.89. The topological polar surface area (TPSA) is 64.3 Å². The van der Waals surface area contributed by atoms with Crippen LogP contribution in [0.4, 0.5) is 0 Å². The Hall–Kier alpha value is -0.610. The second-order valence-corrected chi connectivity index (χ2v) is 2.96. The van der Waals surface area contributed by atoms with Crippen LogP contribution in [0.5, 0.6) is 0 Å². The van der Waals surface area contributed by atoms with Gasteiger partial charge >= 0.3 is 0 Å². The van der Waals surface area contributed by atoms with E-state index in [0.717, 1.165) is 0 Å². The molecule has 1 atom stereocenters. The molecular formula is C7H16N2O2. The van der Waals surface area contributed by atoms with Crippen LogP contribution >= 0.6 is 0 Å². The lowest BCUT2D eigenvalue weighted by Crippen LogP contribution is -2.38. The molecule has 0 saturated carbocycles. The summed E-state index contributed by atoms with van der Waals surface area (Å²) in [6.45, 7) is 6.11. The minimum atomic E-state index is -0.512. The van der Waals surface area contributed by atoms with Gasteiger partial charge in [0.15, 0.2) is 0 Å². The van der Waals surface area contributed by atoms with Gasteiger partial charge in [-0.3, -0.25) is 9.63 Å². The molecule has 66 valence electrons. The Morgan fingerprint density at radius 1 is 1.55 bits per heavy atom. The van der Waals surface area contributed by atoms with Gasteiger partial charge in [-0.15, -0.1) is 0 Å². The number of nitrogens with one attached hydrogen (secondary N) is 1. The fraction of sp³-hybridized carbons (Fsp3) is 0.857. The number of hydrogen-bond donors (Lipinski definition) is 2. The van der Waals surface area contributed by atoms with Crippen molar-refractivity contribution in [1.29, 1.82) is 0 Å². The number of nitrogens with two attached hydrogens (primary N) is 1. The molecule has 0 aromatic heterocycles. The zero-order valence-corrected chi connectivity index (χ0v) is 7.26. The van der Waals surface area contributed by atoms with E-state index in [9.17, 15) is 4.79 Å². The van der Waals surface area contributed by atoms with Crippen molar-refractivity contribution in [3.8, 4) is 0 Å². The third-order valence-corrected chi connectivity index (χ3v) is 1.00. The number of amides is 1. The minimum Gasteiger partial charge on any atom is -0.320 e. The molecule has 0 aromatic carbocycles. The van der Waals surface area contributed by atoms with Crippen molar-refractivity contribution in [2.24, 2.45) is 11.7 Å². The normalized spacial score (nSPS) is 13.2. The Kier molecular flexibility index (Phi) is 4.81. The Morgan fingerprint density at radius 2 is 2.09 bits per heavy atom. The van der Waals surface area contributed by atoms with E-state index in [-0.39, 0.29) is 5.91 Å². The predicted molar refractivity (Wildman–Crippen MR) is 42.6 cm³/mol. The number of carbonyl (C=O) groups excluding carboxylic acids is 1. The molecule has 1 amide bonds. The Morgan fingerprint density at radius 3 is 2.45 bits per heavy atom. The summed E-state index contributed by atoms with van der Waals surface area (Å²) in [5, 5.41) is 0. The second kappa shape index (κ2) is 5.09. The SMILES string of the molecule is CC(C)CONC(=O)C(C)N. The van der Waals surface area contributed by atoms with Gasteiger partial charge in [-0.05, 0) is 12.8 Å². The summed E-state index contributed by atoms with van der Waals surface area (Å²) in [5.41, 5.74) is 7.51. The maximum Gasteiger partial charge on any atom is 0.260 e. The first-order chi connectivity index (χ1) is 5.04. The monoisotopic (exact) mass is 160 g/mol. The first kappa shape index (κ1) is 10.4. The lowest BCUT2D eigenvalue weighted by molar-refractivity contribution is -0.135.